The molecule has 0 saturated carbocycles. The molecular weight excluding hydrogens is 266 g/mol. The molecule has 1 unspecified atom stereocenters. The van der Waals surface area contributed by atoms with Crippen molar-refractivity contribution in [3.8, 4) is 5.75 Å². The van der Waals surface area contributed by atoms with E-state index >= 15 is 0 Å². The molecule has 4 nitrogen and oxygen atoms in total. The first-order valence-corrected chi connectivity index (χ1v) is 7.15. The summed E-state index contributed by atoms with van der Waals surface area (Å²) in [5, 5.41) is 9.21. The molecule has 0 saturated heterocycles. The van der Waals surface area contributed by atoms with Crippen molar-refractivity contribution in [3.05, 3.63) is 64.2 Å². The SMILES string of the molecule is CCC(Cc1ccccc1)N(C)Cc1cc(=O)c(O)co1. The van der Waals surface area contributed by atoms with Crippen LogP contribution in [-0.4, -0.2) is 23.1 Å². The molecule has 21 heavy (non-hydrogen) atoms. The van der Waals surface area contributed by atoms with E-state index in [2.05, 4.69) is 24.0 Å². The Balaban J connectivity index is 2.04. The summed E-state index contributed by atoms with van der Waals surface area (Å²) >= 11 is 0. The Labute approximate surface area is 124 Å². The average molecular weight is 287 g/mol. The van der Waals surface area contributed by atoms with E-state index < -0.39 is 5.43 Å². The molecule has 0 radical (unpaired) electrons. The lowest BCUT2D eigenvalue weighted by molar-refractivity contribution is 0.206. The predicted octanol–water partition coefficient (Wildman–Crippen LogP) is 2.80. The van der Waals surface area contributed by atoms with Gasteiger partial charge in [-0.15, -0.1) is 0 Å². The summed E-state index contributed by atoms with van der Waals surface area (Å²) in [4.78, 5) is 13.6. The fourth-order valence-corrected chi connectivity index (χ4v) is 2.40. The summed E-state index contributed by atoms with van der Waals surface area (Å²) in [5.41, 5.74) is 0.893. The zero-order chi connectivity index (χ0) is 15.2. The zero-order valence-corrected chi connectivity index (χ0v) is 12.5. The maximum Gasteiger partial charge on any atom is 0.226 e. The molecule has 0 fully saturated rings. The summed E-state index contributed by atoms with van der Waals surface area (Å²) in [6, 6.07) is 12.1. The Morgan fingerprint density at radius 1 is 1.29 bits per heavy atom. The van der Waals surface area contributed by atoms with E-state index in [1.807, 2.05) is 25.2 Å². The van der Waals surface area contributed by atoms with Crippen LogP contribution in [0.1, 0.15) is 24.7 Å². The van der Waals surface area contributed by atoms with Gasteiger partial charge in [0.1, 0.15) is 12.0 Å². The van der Waals surface area contributed by atoms with E-state index in [0.717, 1.165) is 19.1 Å². The molecule has 112 valence electrons. The second-order valence-corrected chi connectivity index (χ2v) is 5.26. The molecule has 1 heterocycles. The second kappa shape index (κ2) is 7.09. The fraction of sp³-hybridized carbons (Fsp3) is 0.353. The lowest BCUT2D eigenvalue weighted by atomic mass is 10.0. The minimum absolute atomic E-state index is 0.349. The van der Waals surface area contributed by atoms with Crippen molar-refractivity contribution in [1.82, 2.24) is 4.90 Å². The van der Waals surface area contributed by atoms with Gasteiger partial charge in [-0.25, -0.2) is 0 Å². The first kappa shape index (κ1) is 15.3. The van der Waals surface area contributed by atoms with Gasteiger partial charge in [0.15, 0.2) is 5.75 Å². The topological polar surface area (TPSA) is 53.7 Å². The van der Waals surface area contributed by atoms with Crippen LogP contribution in [0, 0.1) is 0 Å². The van der Waals surface area contributed by atoms with Gasteiger partial charge in [0, 0.05) is 12.1 Å². The molecule has 1 aromatic heterocycles. The summed E-state index contributed by atoms with van der Waals surface area (Å²) < 4.78 is 5.26. The Morgan fingerprint density at radius 3 is 2.62 bits per heavy atom. The predicted molar refractivity (Wildman–Crippen MR) is 82.3 cm³/mol. The van der Waals surface area contributed by atoms with E-state index in [-0.39, 0.29) is 5.75 Å². The highest BCUT2D eigenvalue weighted by molar-refractivity contribution is 5.17. The van der Waals surface area contributed by atoms with Gasteiger partial charge in [-0.3, -0.25) is 9.69 Å². The van der Waals surface area contributed by atoms with Crippen molar-refractivity contribution in [2.24, 2.45) is 0 Å². The number of nitrogens with zero attached hydrogens (tertiary/aromatic N) is 1. The van der Waals surface area contributed by atoms with Crippen molar-refractivity contribution >= 4 is 0 Å². The van der Waals surface area contributed by atoms with E-state index in [1.54, 1.807) is 0 Å². The highest BCUT2D eigenvalue weighted by atomic mass is 16.4. The zero-order valence-electron chi connectivity index (χ0n) is 12.5. The Bertz CT molecular complexity index is 621. The average Bonchev–Trinajstić information content (AvgIpc) is 2.49. The van der Waals surface area contributed by atoms with Gasteiger partial charge in [0.2, 0.25) is 5.43 Å². The van der Waals surface area contributed by atoms with Crippen molar-refractivity contribution in [1.29, 1.82) is 0 Å². The van der Waals surface area contributed by atoms with Crippen LogP contribution >= 0.6 is 0 Å². The summed E-state index contributed by atoms with van der Waals surface area (Å²) in [6.45, 7) is 2.69. The van der Waals surface area contributed by atoms with Crippen LogP contribution in [0.25, 0.3) is 0 Å². The van der Waals surface area contributed by atoms with E-state index in [0.29, 0.717) is 18.3 Å². The smallest absolute Gasteiger partial charge is 0.226 e. The molecule has 0 bridgehead atoms. The van der Waals surface area contributed by atoms with Crippen LogP contribution < -0.4 is 5.43 Å². The van der Waals surface area contributed by atoms with Crippen molar-refractivity contribution in [2.75, 3.05) is 7.05 Å². The van der Waals surface area contributed by atoms with Gasteiger partial charge in [-0.2, -0.15) is 0 Å². The van der Waals surface area contributed by atoms with Crippen LogP contribution in [0.15, 0.2) is 51.9 Å². The third-order valence-electron chi connectivity index (χ3n) is 3.68. The number of likely N-dealkylation sites (N-methyl/N-ethyl adjacent to an activating group) is 1. The number of aromatic hydroxyl groups is 1. The molecule has 0 aliphatic carbocycles. The molecule has 0 aliphatic heterocycles. The number of hydrogen-bond acceptors (Lipinski definition) is 4. The van der Waals surface area contributed by atoms with Gasteiger partial charge in [0.05, 0.1) is 6.54 Å². The van der Waals surface area contributed by atoms with Crippen LogP contribution in [0.5, 0.6) is 5.75 Å². The number of rotatable bonds is 6. The van der Waals surface area contributed by atoms with Crippen LogP contribution in [0.2, 0.25) is 0 Å². The molecular formula is C17H21NO3. The van der Waals surface area contributed by atoms with E-state index in [9.17, 15) is 9.90 Å². The van der Waals surface area contributed by atoms with E-state index in [4.69, 9.17) is 4.42 Å². The largest absolute Gasteiger partial charge is 0.502 e. The minimum Gasteiger partial charge on any atom is -0.502 e. The van der Waals surface area contributed by atoms with Crippen molar-refractivity contribution < 1.29 is 9.52 Å². The van der Waals surface area contributed by atoms with Crippen LogP contribution in [-0.2, 0) is 13.0 Å². The molecule has 1 N–H and O–H groups in total. The van der Waals surface area contributed by atoms with Gasteiger partial charge >= 0.3 is 0 Å². The number of hydrogen-bond donors (Lipinski definition) is 1. The molecule has 1 aromatic carbocycles. The third-order valence-corrected chi connectivity index (χ3v) is 3.68. The fourth-order valence-electron chi connectivity index (χ4n) is 2.40. The van der Waals surface area contributed by atoms with Crippen molar-refractivity contribution in [3.63, 3.8) is 0 Å². The number of benzene rings is 1. The van der Waals surface area contributed by atoms with Gasteiger partial charge in [0.25, 0.3) is 0 Å². The van der Waals surface area contributed by atoms with E-state index in [1.165, 1.54) is 11.6 Å². The molecule has 0 spiro atoms. The second-order valence-electron chi connectivity index (χ2n) is 5.26. The first-order valence-electron chi connectivity index (χ1n) is 7.15. The Kier molecular flexibility index (Phi) is 5.17. The van der Waals surface area contributed by atoms with Crippen LogP contribution in [0.3, 0.4) is 0 Å². The minimum atomic E-state index is -0.402. The normalized spacial score (nSPS) is 12.5. The van der Waals surface area contributed by atoms with Gasteiger partial charge < -0.3 is 9.52 Å². The maximum atomic E-state index is 11.4. The van der Waals surface area contributed by atoms with Gasteiger partial charge in [-0.05, 0) is 25.5 Å². The molecule has 4 heteroatoms. The summed E-state index contributed by atoms with van der Waals surface area (Å²) in [6.07, 6.45) is 3.06. The monoisotopic (exact) mass is 287 g/mol. The molecule has 0 amide bonds. The highest BCUT2D eigenvalue weighted by Crippen LogP contribution is 2.14. The maximum absolute atomic E-state index is 11.4. The van der Waals surface area contributed by atoms with Gasteiger partial charge in [-0.1, -0.05) is 37.3 Å². The standard InChI is InChI=1S/C17H21NO3/c1-3-14(9-13-7-5-4-6-8-13)18(2)11-15-10-16(19)17(20)12-21-15/h4-8,10,12,14,20H,3,9,11H2,1-2H3. The Morgan fingerprint density at radius 2 is 2.00 bits per heavy atom. The molecule has 1 atom stereocenters. The summed E-state index contributed by atoms with van der Waals surface area (Å²) in [5.74, 6) is 0.213. The lowest BCUT2D eigenvalue weighted by Gasteiger charge is -2.26. The lowest BCUT2D eigenvalue weighted by Crippen LogP contribution is -2.32. The molecule has 2 rings (SSSR count). The van der Waals surface area contributed by atoms with Crippen molar-refractivity contribution in [2.45, 2.75) is 32.4 Å². The third kappa shape index (κ3) is 4.20. The summed E-state index contributed by atoms with van der Waals surface area (Å²) in [7, 11) is 2.02. The first-order chi connectivity index (χ1) is 10.1. The molecule has 2 aromatic rings. The van der Waals surface area contributed by atoms with Crippen LogP contribution in [0.4, 0.5) is 0 Å². The quantitative estimate of drug-likeness (QED) is 0.887. The Hall–Kier alpha value is -2.07. The highest BCUT2D eigenvalue weighted by Gasteiger charge is 2.15. The molecule has 0 aliphatic rings.